The van der Waals surface area contributed by atoms with Crippen LogP contribution in [0.1, 0.15) is 50.0 Å². The highest BCUT2D eigenvalue weighted by Gasteiger charge is 2.24. The van der Waals surface area contributed by atoms with E-state index in [0.29, 0.717) is 19.3 Å². The quantitative estimate of drug-likeness (QED) is 0.818. The van der Waals surface area contributed by atoms with E-state index in [4.69, 9.17) is 19.6 Å². The van der Waals surface area contributed by atoms with Gasteiger partial charge in [-0.05, 0) is 26.7 Å². The van der Waals surface area contributed by atoms with E-state index in [-0.39, 0.29) is 0 Å². The number of methoxy groups -OCH3 is 1. The summed E-state index contributed by atoms with van der Waals surface area (Å²) in [5.41, 5.74) is 2.02. The molecule has 0 atom stereocenters. The van der Waals surface area contributed by atoms with E-state index in [0.717, 1.165) is 41.4 Å². The zero-order chi connectivity index (χ0) is 16.2. The standard InChI is InChI=1S/C17H24N4O2/c1-4-23-11-16-19-17(21(20-16)13-7-5-6-8-13)14-9-18-10-15(22-3)12(14)2/h9-10,13H,4-8,11H2,1-3H3. The maximum atomic E-state index is 5.48. The average Bonchev–Trinajstić information content (AvgIpc) is 3.22. The molecule has 0 spiro atoms. The van der Waals surface area contributed by atoms with Crippen molar-refractivity contribution in [3.63, 3.8) is 0 Å². The van der Waals surface area contributed by atoms with E-state index < -0.39 is 0 Å². The highest BCUT2D eigenvalue weighted by atomic mass is 16.5. The van der Waals surface area contributed by atoms with Gasteiger partial charge >= 0.3 is 0 Å². The van der Waals surface area contributed by atoms with E-state index in [1.54, 1.807) is 13.3 Å². The Morgan fingerprint density at radius 1 is 1.26 bits per heavy atom. The van der Waals surface area contributed by atoms with Gasteiger partial charge in [-0.25, -0.2) is 9.67 Å². The fourth-order valence-corrected chi connectivity index (χ4v) is 3.15. The summed E-state index contributed by atoms with van der Waals surface area (Å²) in [5.74, 6) is 2.38. The normalized spacial score (nSPS) is 15.3. The lowest BCUT2D eigenvalue weighted by Gasteiger charge is -2.14. The minimum Gasteiger partial charge on any atom is -0.495 e. The maximum absolute atomic E-state index is 5.48. The topological polar surface area (TPSA) is 62.1 Å². The third kappa shape index (κ3) is 3.22. The Bertz CT molecular complexity index is 663. The molecule has 0 saturated heterocycles. The Morgan fingerprint density at radius 2 is 2.04 bits per heavy atom. The summed E-state index contributed by atoms with van der Waals surface area (Å²) in [5, 5.41) is 4.71. The Hall–Kier alpha value is -1.95. The van der Waals surface area contributed by atoms with Crippen molar-refractivity contribution >= 4 is 0 Å². The van der Waals surface area contributed by atoms with Crippen molar-refractivity contribution in [3.8, 4) is 17.1 Å². The molecule has 0 N–H and O–H groups in total. The number of ether oxygens (including phenoxy) is 2. The largest absolute Gasteiger partial charge is 0.495 e. The molecule has 0 radical (unpaired) electrons. The van der Waals surface area contributed by atoms with Gasteiger partial charge in [0.25, 0.3) is 0 Å². The summed E-state index contributed by atoms with van der Waals surface area (Å²) in [6, 6.07) is 0.415. The maximum Gasteiger partial charge on any atom is 0.176 e. The van der Waals surface area contributed by atoms with Crippen molar-refractivity contribution in [2.45, 2.75) is 52.2 Å². The zero-order valence-electron chi connectivity index (χ0n) is 14.1. The van der Waals surface area contributed by atoms with Gasteiger partial charge in [0, 0.05) is 23.9 Å². The SMILES string of the molecule is CCOCc1nc(-c2cncc(OC)c2C)n(C2CCCC2)n1. The number of hydrogen-bond donors (Lipinski definition) is 0. The molecule has 0 amide bonds. The molecule has 1 fully saturated rings. The Balaban J connectivity index is 2.04. The highest BCUT2D eigenvalue weighted by Crippen LogP contribution is 2.34. The third-order valence-corrected chi connectivity index (χ3v) is 4.41. The van der Waals surface area contributed by atoms with Gasteiger partial charge < -0.3 is 9.47 Å². The van der Waals surface area contributed by atoms with Crippen LogP contribution in [0, 0.1) is 6.92 Å². The van der Waals surface area contributed by atoms with Gasteiger partial charge in [-0.1, -0.05) is 12.8 Å². The summed E-state index contributed by atoms with van der Waals surface area (Å²) < 4.78 is 13.0. The van der Waals surface area contributed by atoms with Crippen LogP contribution in [0.5, 0.6) is 5.75 Å². The van der Waals surface area contributed by atoms with Crippen LogP contribution in [0.25, 0.3) is 11.4 Å². The van der Waals surface area contributed by atoms with Gasteiger partial charge in [0.15, 0.2) is 11.6 Å². The van der Waals surface area contributed by atoms with Crippen LogP contribution in [0.3, 0.4) is 0 Å². The minimum atomic E-state index is 0.415. The summed E-state index contributed by atoms with van der Waals surface area (Å²) in [7, 11) is 1.66. The number of rotatable bonds is 6. The number of pyridine rings is 1. The molecule has 1 aliphatic rings. The lowest BCUT2D eigenvalue weighted by molar-refractivity contribution is 0.128. The highest BCUT2D eigenvalue weighted by molar-refractivity contribution is 5.62. The number of hydrogen-bond acceptors (Lipinski definition) is 5. The average molecular weight is 316 g/mol. The molecule has 6 heteroatoms. The summed E-state index contributed by atoms with van der Waals surface area (Å²) in [6.45, 7) is 5.11. The van der Waals surface area contributed by atoms with Crippen LogP contribution >= 0.6 is 0 Å². The second-order valence-electron chi connectivity index (χ2n) is 5.89. The van der Waals surface area contributed by atoms with Crippen LogP contribution in [0.2, 0.25) is 0 Å². The number of nitrogens with zero attached hydrogens (tertiary/aromatic N) is 4. The van der Waals surface area contributed by atoms with Crippen LogP contribution in [0.15, 0.2) is 12.4 Å². The summed E-state index contributed by atoms with van der Waals surface area (Å²) >= 11 is 0. The molecule has 0 aromatic carbocycles. The molecule has 2 aromatic rings. The first-order chi connectivity index (χ1) is 11.2. The van der Waals surface area contributed by atoms with Crippen molar-refractivity contribution in [2.24, 2.45) is 0 Å². The van der Waals surface area contributed by atoms with Crippen molar-refractivity contribution in [1.82, 2.24) is 19.7 Å². The van der Waals surface area contributed by atoms with Crippen molar-refractivity contribution in [2.75, 3.05) is 13.7 Å². The van der Waals surface area contributed by atoms with Crippen LogP contribution in [-0.2, 0) is 11.3 Å². The van der Waals surface area contributed by atoms with Gasteiger partial charge in [0.05, 0.1) is 19.3 Å². The molecule has 6 nitrogen and oxygen atoms in total. The first-order valence-electron chi connectivity index (χ1n) is 8.26. The third-order valence-electron chi connectivity index (χ3n) is 4.41. The van der Waals surface area contributed by atoms with E-state index in [1.165, 1.54) is 12.8 Å². The molecule has 124 valence electrons. The second-order valence-corrected chi connectivity index (χ2v) is 5.89. The van der Waals surface area contributed by atoms with Crippen molar-refractivity contribution in [1.29, 1.82) is 0 Å². The molecule has 1 aliphatic carbocycles. The lowest BCUT2D eigenvalue weighted by atomic mass is 10.1. The fraction of sp³-hybridized carbons (Fsp3) is 0.588. The Kier molecular flexibility index (Phi) is 4.91. The Labute approximate surface area is 136 Å². The fourth-order valence-electron chi connectivity index (χ4n) is 3.15. The van der Waals surface area contributed by atoms with E-state index in [2.05, 4.69) is 9.67 Å². The van der Waals surface area contributed by atoms with E-state index in [9.17, 15) is 0 Å². The van der Waals surface area contributed by atoms with Crippen LogP contribution < -0.4 is 4.74 Å². The van der Waals surface area contributed by atoms with Gasteiger partial charge in [0.1, 0.15) is 12.4 Å². The molecule has 0 aliphatic heterocycles. The molecule has 2 aromatic heterocycles. The van der Waals surface area contributed by atoms with Gasteiger partial charge in [0.2, 0.25) is 0 Å². The van der Waals surface area contributed by atoms with E-state index in [1.807, 2.05) is 20.0 Å². The zero-order valence-corrected chi connectivity index (χ0v) is 14.1. The van der Waals surface area contributed by atoms with Crippen LogP contribution in [-0.4, -0.2) is 33.5 Å². The summed E-state index contributed by atoms with van der Waals surface area (Å²) in [6.07, 6.45) is 8.38. The van der Waals surface area contributed by atoms with Crippen molar-refractivity contribution in [3.05, 3.63) is 23.8 Å². The molecule has 1 saturated carbocycles. The predicted octanol–water partition coefficient (Wildman–Crippen LogP) is 3.31. The smallest absolute Gasteiger partial charge is 0.176 e. The first kappa shape index (κ1) is 15.9. The molecule has 0 bridgehead atoms. The molecule has 2 heterocycles. The monoisotopic (exact) mass is 316 g/mol. The lowest BCUT2D eigenvalue weighted by Crippen LogP contribution is -2.10. The molecule has 0 unspecified atom stereocenters. The van der Waals surface area contributed by atoms with Crippen LogP contribution in [0.4, 0.5) is 0 Å². The Morgan fingerprint density at radius 3 is 2.74 bits per heavy atom. The van der Waals surface area contributed by atoms with Gasteiger partial charge in [-0.2, -0.15) is 5.10 Å². The molecular weight excluding hydrogens is 292 g/mol. The van der Waals surface area contributed by atoms with E-state index >= 15 is 0 Å². The number of aromatic nitrogens is 4. The molecular formula is C17H24N4O2. The first-order valence-corrected chi connectivity index (χ1v) is 8.26. The predicted molar refractivity (Wildman–Crippen MR) is 87.4 cm³/mol. The van der Waals surface area contributed by atoms with Crippen molar-refractivity contribution < 1.29 is 9.47 Å². The summed E-state index contributed by atoms with van der Waals surface area (Å²) in [4.78, 5) is 9.02. The molecule has 23 heavy (non-hydrogen) atoms. The van der Waals surface area contributed by atoms with Gasteiger partial charge in [-0.3, -0.25) is 4.98 Å². The second kappa shape index (κ2) is 7.08. The van der Waals surface area contributed by atoms with Gasteiger partial charge in [-0.15, -0.1) is 0 Å². The minimum absolute atomic E-state index is 0.415. The molecule has 3 rings (SSSR count).